The van der Waals surface area contributed by atoms with Gasteiger partial charge in [0.1, 0.15) is 10.6 Å². The fourth-order valence-corrected chi connectivity index (χ4v) is 3.60. The summed E-state index contributed by atoms with van der Waals surface area (Å²) in [7, 11) is 1.53. The first-order valence-corrected chi connectivity index (χ1v) is 9.90. The number of aromatic nitrogens is 1. The smallest absolute Gasteiger partial charge is 0.351 e. The number of ether oxygens (including phenoxy) is 2. The van der Waals surface area contributed by atoms with E-state index >= 15 is 0 Å². The quantitative estimate of drug-likeness (QED) is 0.600. The second-order valence-electron chi connectivity index (χ2n) is 6.52. The van der Waals surface area contributed by atoms with E-state index in [1.165, 1.54) is 25.4 Å². The van der Waals surface area contributed by atoms with Crippen molar-refractivity contribution in [1.82, 2.24) is 4.98 Å². The molecule has 0 spiro atoms. The number of thiazole rings is 1. The molecule has 0 bridgehead atoms. The number of nitrogens with one attached hydrogen (secondary N) is 1. The molecule has 3 aromatic rings. The fourth-order valence-electron chi connectivity index (χ4n) is 2.78. The Kier molecular flexibility index (Phi) is 6.29. The Labute approximate surface area is 173 Å². The van der Waals surface area contributed by atoms with E-state index in [2.05, 4.69) is 10.3 Å². The molecule has 0 fully saturated rings. The van der Waals surface area contributed by atoms with Crippen LogP contribution in [0.5, 0.6) is 5.75 Å². The monoisotopic (exact) mass is 410 g/mol. The number of hydrogen-bond acceptors (Lipinski definition) is 6. The molecule has 0 aliphatic rings. The van der Waals surface area contributed by atoms with Gasteiger partial charge in [0.25, 0.3) is 5.91 Å². The van der Waals surface area contributed by atoms with Crippen LogP contribution in [0, 0.1) is 13.8 Å². The first-order chi connectivity index (χ1) is 13.9. The van der Waals surface area contributed by atoms with Crippen molar-refractivity contribution in [3.8, 4) is 17.0 Å². The number of hydrogen-bond donors (Lipinski definition) is 1. The van der Waals surface area contributed by atoms with Gasteiger partial charge in [-0.3, -0.25) is 4.79 Å². The minimum Gasteiger partial charge on any atom is -0.495 e. The SMILES string of the molecule is COc1ccc(C)cc1NC(=O)[C@@H](C)OC(=O)c1sc(C)nc1-c1ccccc1. The maximum Gasteiger partial charge on any atom is 0.351 e. The summed E-state index contributed by atoms with van der Waals surface area (Å²) >= 11 is 1.25. The summed E-state index contributed by atoms with van der Waals surface area (Å²) in [6, 6.07) is 14.9. The van der Waals surface area contributed by atoms with Gasteiger partial charge in [0.2, 0.25) is 0 Å². The van der Waals surface area contributed by atoms with Gasteiger partial charge in [-0.05, 0) is 38.5 Å². The summed E-state index contributed by atoms with van der Waals surface area (Å²) in [5.74, 6) is -0.481. The van der Waals surface area contributed by atoms with Crippen LogP contribution in [-0.2, 0) is 9.53 Å². The third kappa shape index (κ3) is 4.81. The molecule has 29 heavy (non-hydrogen) atoms. The number of rotatable bonds is 6. The van der Waals surface area contributed by atoms with Crippen LogP contribution >= 0.6 is 11.3 Å². The lowest BCUT2D eigenvalue weighted by atomic mass is 10.1. The van der Waals surface area contributed by atoms with Crippen molar-refractivity contribution in [3.05, 3.63) is 64.0 Å². The zero-order valence-corrected chi connectivity index (χ0v) is 17.5. The highest BCUT2D eigenvalue weighted by molar-refractivity contribution is 7.14. The van der Waals surface area contributed by atoms with Crippen molar-refractivity contribution >= 4 is 28.9 Å². The highest BCUT2D eigenvalue weighted by Gasteiger charge is 2.25. The lowest BCUT2D eigenvalue weighted by Crippen LogP contribution is -2.30. The number of amides is 1. The molecular weight excluding hydrogens is 388 g/mol. The summed E-state index contributed by atoms with van der Waals surface area (Å²) in [5.41, 5.74) is 2.88. The summed E-state index contributed by atoms with van der Waals surface area (Å²) in [4.78, 5) is 30.1. The Morgan fingerprint density at radius 2 is 1.83 bits per heavy atom. The van der Waals surface area contributed by atoms with Gasteiger partial charge in [0.05, 0.1) is 23.5 Å². The molecule has 0 aliphatic carbocycles. The standard InChI is InChI=1S/C22H22N2O4S/c1-13-10-11-18(27-4)17(12-13)24-21(25)14(2)28-22(26)20-19(23-15(3)29-20)16-8-6-5-7-9-16/h5-12,14H,1-4H3,(H,24,25)/t14-/m1/s1. The molecule has 0 saturated heterocycles. The van der Waals surface area contributed by atoms with Crippen LogP contribution in [0.2, 0.25) is 0 Å². The zero-order valence-electron chi connectivity index (χ0n) is 16.7. The van der Waals surface area contributed by atoms with Crippen LogP contribution in [-0.4, -0.2) is 30.1 Å². The van der Waals surface area contributed by atoms with Crippen molar-refractivity contribution in [1.29, 1.82) is 0 Å². The average molecular weight is 410 g/mol. The molecular formula is C22H22N2O4S. The maximum absolute atomic E-state index is 12.7. The van der Waals surface area contributed by atoms with Crippen LogP contribution in [0.15, 0.2) is 48.5 Å². The van der Waals surface area contributed by atoms with Gasteiger partial charge in [-0.25, -0.2) is 9.78 Å². The third-order valence-corrected chi connectivity index (χ3v) is 5.18. The van der Waals surface area contributed by atoms with Crippen LogP contribution in [0.1, 0.15) is 27.2 Å². The van der Waals surface area contributed by atoms with E-state index in [9.17, 15) is 9.59 Å². The molecule has 0 aliphatic heterocycles. The van der Waals surface area contributed by atoms with Crippen LogP contribution in [0.25, 0.3) is 11.3 Å². The predicted molar refractivity (Wildman–Crippen MR) is 114 cm³/mol. The number of esters is 1. The molecule has 0 saturated carbocycles. The maximum atomic E-state index is 12.7. The zero-order chi connectivity index (χ0) is 21.0. The Bertz CT molecular complexity index is 1030. The first kappa shape index (κ1) is 20.5. The molecule has 0 radical (unpaired) electrons. The highest BCUT2D eigenvalue weighted by atomic mass is 32.1. The van der Waals surface area contributed by atoms with Gasteiger partial charge in [-0.15, -0.1) is 11.3 Å². The number of carbonyl (C=O) groups excluding carboxylic acids is 2. The fraction of sp³-hybridized carbons (Fsp3) is 0.227. The predicted octanol–water partition coefficient (Wildman–Crippen LogP) is 4.62. The minimum atomic E-state index is -0.987. The van der Waals surface area contributed by atoms with Gasteiger partial charge < -0.3 is 14.8 Å². The molecule has 1 amide bonds. The van der Waals surface area contributed by atoms with Gasteiger partial charge in [-0.2, -0.15) is 0 Å². The van der Waals surface area contributed by atoms with Gasteiger partial charge in [0.15, 0.2) is 6.10 Å². The number of methoxy groups -OCH3 is 1. The molecule has 1 aromatic heterocycles. The lowest BCUT2D eigenvalue weighted by molar-refractivity contribution is -0.123. The molecule has 2 aromatic carbocycles. The van der Waals surface area contributed by atoms with Gasteiger partial charge in [-0.1, -0.05) is 36.4 Å². The third-order valence-electron chi connectivity index (χ3n) is 4.23. The van der Waals surface area contributed by atoms with E-state index in [-0.39, 0.29) is 0 Å². The molecule has 3 rings (SSSR count). The van der Waals surface area contributed by atoms with Crippen molar-refractivity contribution in [2.75, 3.05) is 12.4 Å². The normalized spacial score (nSPS) is 11.6. The van der Waals surface area contributed by atoms with Crippen LogP contribution in [0.3, 0.4) is 0 Å². The number of benzene rings is 2. The van der Waals surface area contributed by atoms with Crippen molar-refractivity contribution in [3.63, 3.8) is 0 Å². The minimum absolute atomic E-state index is 0.376. The second-order valence-corrected chi connectivity index (χ2v) is 7.72. The molecule has 6 nitrogen and oxygen atoms in total. The number of aryl methyl sites for hydroxylation is 2. The van der Waals surface area contributed by atoms with Crippen molar-refractivity contribution in [2.45, 2.75) is 26.9 Å². The number of anilines is 1. The average Bonchev–Trinajstić information content (AvgIpc) is 3.10. The summed E-state index contributed by atoms with van der Waals surface area (Å²) in [6.45, 7) is 5.27. The second kappa shape index (κ2) is 8.87. The van der Waals surface area contributed by atoms with Gasteiger partial charge >= 0.3 is 5.97 Å². The topological polar surface area (TPSA) is 77.5 Å². The molecule has 1 atom stereocenters. The number of carbonyl (C=O) groups is 2. The Hall–Kier alpha value is -3.19. The van der Waals surface area contributed by atoms with Crippen molar-refractivity contribution < 1.29 is 19.1 Å². The molecule has 7 heteroatoms. The lowest BCUT2D eigenvalue weighted by Gasteiger charge is -2.15. The highest BCUT2D eigenvalue weighted by Crippen LogP contribution is 2.29. The Morgan fingerprint density at radius 3 is 2.52 bits per heavy atom. The Morgan fingerprint density at radius 1 is 1.10 bits per heavy atom. The van der Waals surface area contributed by atoms with E-state index in [1.807, 2.05) is 50.2 Å². The van der Waals surface area contributed by atoms with E-state index < -0.39 is 18.0 Å². The van der Waals surface area contributed by atoms with Gasteiger partial charge in [0, 0.05) is 5.56 Å². The molecule has 0 unspecified atom stereocenters. The van der Waals surface area contributed by atoms with E-state index in [4.69, 9.17) is 9.47 Å². The van der Waals surface area contributed by atoms with Crippen molar-refractivity contribution in [2.24, 2.45) is 0 Å². The number of nitrogens with zero attached hydrogens (tertiary/aromatic N) is 1. The summed E-state index contributed by atoms with van der Waals surface area (Å²) < 4.78 is 10.7. The van der Waals surface area contributed by atoms with E-state index in [0.717, 1.165) is 16.1 Å². The summed E-state index contributed by atoms with van der Waals surface area (Å²) in [5, 5.41) is 3.50. The molecule has 1 heterocycles. The molecule has 150 valence electrons. The van der Waals surface area contributed by atoms with E-state index in [1.54, 1.807) is 12.1 Å². The first-order valence-electron chi connectivity index (χ1n) is 9.08. The summed E-state index contributed by atoms with van der Waals surface area (Å²) in [6.07, 6.45) is -0.987. The van der Waals surface area contributed by atoms with Crippen LogP contribution in [0.4, 0.5) is 5.69 Å². The largest absolute Gasteiger partial charge is 0.495 e. The van der Waals surface area contributed by atoms with Crippen LogP contribution < -0.4 is 10.1 Å². The van der Waals surface area contributed by atoms with E-state index in [0.29, 0.717) is 22.0 Å². The molecule has 1 N–H and O–H groups in total. The Balaban J connectivity index is 1.75.